The van der Waals surface area contributed by atoms with Gasteiger partial charge in [-0.3, -0.25) is 4.79 Å². The first kappa shape index (κ1) is 11.6. The molecule has 1 unspecified atom stereocenters. The normalized spacial score (nSPS) is 12.2. The van der Waals surface area contributed by atoms with E-state index >= 15 is 0 Å². The Kier molecular flexibility index (Phi) is 3.72. The summed E-state index contributed by atoms with van der Waals surface area (Å²) in [6.07, 6.45) is 1.08. The smallest absolute Gasteiger partial charge is 0.162 e. The van der Waals surface area contributed by atoms with Crippen molar-refractivity contribution >= 4 is 11.5 Å². The molecule has 15 heavy (non-hydrogen) atoms. The number of rotatable bonds is 4. The van der Waals surface area contributed by atoms with Crippen LogP contribution >= 0.6 is 0 Å². The molecule has 0 saturated heterocycles. The SMILES string of the molecule is CCC(C)Oc1ccc(N)c(C(C)=O)c1. The Labute approximate surface area is 90.2 Å². The second kappa shape index (κ2) is 4.82. The van der Waals surface area contributed by atoms with Crippen LogP contribution in [-0.2, 0) is 0 Å². The van der Waals surface area contributed by atoms with Crippen molar-refractivity contribution in [3.8, 4) is 5.75 Å². The van der Waals surface area contributed by atoms with E-state index in [2.05, 4.69) is 0 Å². The summed E-state index contributed by atoms with van der Waals surface area (Å²) in [6, 6.07) is 5.19. The minimum atomic E-state index is -0.0397. The summed E-state index contributed by atoms with van der Waals surface area (Å²) >= 11 is 0. The van der Waals surface area contributed by atoms with E-state index in [1.54, 1.807) is 18.2 Å². The molecule has 0 radical (unpaired) electrons. The molecule has 0 heterocycles. The number of hydrogen-bond donors (Lipinski definition) is 1. The van der Waals surface area contributed by atoms with Gasteiger partial charge in [0.1, 0.15) is 5.75 Å². The zero-order valence-electron chi connectivity index (χ0n) is 9.41. The third kappa shape index (κ3) is 2.98. The first-order valence-electron chi connectivity index (χ1n) is 5.11. The van der Waals surface area contributed by atoms with Gasteiger partial charge in [-0.1, -0.05) is 6.92 Å². The number of carbonyl (C=O) groups is 1. The van der Waals surface area contributed by atoms with Crippen LogP contribution in [0.4, 0.5) is 5.69 Å². The van der Waals surface area contributed by atoms with Gasteiger partial charge < -0.3 is 10.5 Å². The average molecular weight is 207 g/mol. The predicted molar refractivity (Wildman–Crippen MR) is 61.2 cm³/mol. The number of nitrogens with two attached hydrogens (primary N) is 1. The molecule has 0 spiro atoms. The van der Waals surface area contributed by atoms with Crippen LogP contribution in [0.3, 0.4) is 0 Å². The molecule has 0 aliphatic heterocycles. The van der Waals surface area contributed by atoms with Crippen molar-refractivity contribution in [2.75, 3.05) is 5.73 Å². The van der Waals surface area contributed by atoms with E-state index in [9.17, 15) is 4.79 Å². The quantitative estimate of drug-likeness (QED) is 0.610. The fraction of sp³-hybridized carbons (Fsp3) is 0.417. The molecule has 0 saturated carbocycles. The van der Waals surface area contributed by atoms with Crippen LogP contribution < -0.4 is 10.5 Å². The summed E-state index contributed by atoms with van der Waals surface area (Å²) in [7, 11) is 0. The highest BCUT2D eigenvalue weighted by atomic mass is 16.5. The van der Waals surface area contributed by atoms with Crippen molar-refractivity contribution in [3.63, 3.8) is 0 Å². The lowest BCUT2D eigenvalue weighted by molar-refractivity contribution is 0.101. The molecule has 0 aromatic heterocycles. The van der Waals surface area contributed by atoms with Gasteiger partial charge in [0.2, 0.25) is 0 Å². The summed E-state index contributed by atoms with van der Waals surface area (Å²) in [5, 5.41) is 0. The second-order valence-electron chi connectivity index (χ2n) is 3.64. The molecule has 1 rings (SSSR count). The molecule has 1 aromatic rings. The summed E-state index contributed by atoms with van der Waals surface area (Å²) in [5.41, 5.74) is 6.70. The third-order valence-electron chi connectivity index (χ3n) is 2.32. The summed E-state index contributed by atoms with van der Waals surface area (Å²) in [4.78, 5) is 11.2. The average Bonchev–Trinajstić information content (AvgIpc) is 2.20. The third-order valence-corrected chi connectivity index (χ3v) is 2.32. The topological polar surface area (TPSA) is 52.3 Å². The first-order chi connectivity index (χ1) is 7.04. The van der Waals surface area contributed by atoms with Crippen LogP contribution in [0.15, 0.2) is 18.2 Å². The van der Waals surface area contributed by atoms with E-state index < -0.39 is 0 Å². The Morgan fingerprint density at radius 2 is 2.20 bits per heavy atom. The van der Waals surface area contributed by atoms with Crippen molar-refractivity contribution in [3.05, 3.63) is 23.8 Å². The Bertz CT molecular complexity index is 361. The molecule has 82 valence electrons. The van der Waals surface area contributed by atoms with Gasteiger partial charge in [-0.05, 0) is 38.5 Å². The lowest BCUT2D eigenvalue weighted by atomic mass is 10.1. The molecule has 2 N–H and O–H groups in total. The number of benzene rings is 1. The predicted octanol–water partition coefficient (Wildman–Crippen LogP) is 2.65. The van der Waals surface area contributed by atoms with Gasteiger partial charge in [-0.15, -0.1) is 0 Å². The number of carbonyl (C=O) groups excluding carboxylic acids is 1. The van der Waals surface area contributed by atoms with Gasteiger partial charge in [0.15, 0.2) is 5.78 Å². The molecular formula is C12H17NO2. The highest BCUT2D eigenvalue weighted by Gasteiger charge is 2.08. The van der Waals surface area contributed by atoms with E-state index in [4.69, 9.17) is 10.5 Å². The summed E-state index contributed by atoms with van der Waals surface area (Å²) in [5.74, 6) is 0.658. The van der Waals surface area contributed by atoms with Gasteiger partial charge in [0, 0.05) is 11.3 Å². The standard InChI is InChI=1S/C12H17NO2/c1-4-8(2)15-10-5-6-12(13)11(7-10)9(3)14/h5-8H,4,13H2,1-3H3. The van der Waals surface area contributed by atoms with Gasteiger partial charge in [-0.25, -0.2) is 0 Å². The highest BCUT2D eigenvalue weighted by Crippen LogP contribution is 2.21. The first-order valence-corrected chi connectivity index (χ1v) is 5.11. The van der Waals surface area contributed by atoms with Crippen molar-refractivity contribution in [2.24, 2.45) is 0 Å². The maximum atomic E-state index is 11.2. The minimum absolute atomic E-state index is 0.0397. The number of Topliss-reactive ketones (excluding diaryl/α,β-unsaturated/α-hetero) is 1. The van der Waals surface area contributed by atoms with Crippen LogP contribution in [0.2, 0.25) is 0 Å². The largest absolute Gasteiger partial charge is 0.491 e. The van der Waals surface area contributed by atoms with Gasteiger partial charge in [0.05, 0.1) is 6.10 Å². The van der Waals surface area contributed by atoms with E-state index in [0.29, 0.717) is 17.0 Å². The van der Waals surface area contributed by atoms with Gasteiger partial charge >= 0.3 is 0 Å². The van der Waals surface area contributed by atoms with E-state index in [-0.39, 0.29) is 11.9 Å². The lowest BCUT2D eigenvalue weighted by Gasteiger charge is -2.13. The molecule has 3 heteroatoms. The van der Waals surface area contributed by atoms with Crippen LogP contribution in [0, 0.1) is 0 Å². The van der Waals surface area contributed by atoms with E-state index in [1.165, 1.54) is 6.92 Å². The van der Waals surface area contributed by atoms with E-state index in [1.807, 2.05) is 13.8 Å². The number of hydrogen-bond acceptors (Lipinski definition) is 3. The Hall–Kier alpha value is -1.51. The zero-order chi connectivity index (χ0) is 11.4. The number of ether oxygens (including phenoxy) is 1. The molecule has 0 aliphatic rings. The number of ketones is 1. The summed E-state index contributed by atoms with van der Waals surface area (Å²) < 4.78 is 5.60. The fourth-order valence-electron chi connectivity index (χ4n) is 1.23. The van der Waals surface area contributed by atoms with Crippen molar-refractivity contribution < 1.29 is 9.53 Å². The number of nitrogen functional groups attached to an aromatic ring is 1. The van der Waals surface area contributed by atoms with Crippen molar-refractivity contribution in [1.82, 2.24) is 0 Å². The monoisotopic (exact) mass is 207 g/mol. The molecule has 0 aliphatic carbocycles. The van der Waals surface area contributed by atoms with E-state index in [0.717, 1.165) is 6.42 Å². The molecule has 3 nitrogen and oxygen atoms in total. The Balaban J connectivity index is 2.92. The summed E-state index contributed by atoms with van der Waals surface area (Å²) in [6.45, 7) is 5.54. The maximum absolute atomic E-state index is 11.2. The molecule has 1 atom stereocenters. The number of anilines is 1. The molecule has 0 amide bonds. The molecule has 1 aromatic carbocycles. The molecule has 0 fully saturated rings. The maximum Gasteiger partial charge on any atom is 0.162 e. The Morgan fingerprint density at radius 3 is 2.73 bits per heavy atom. The molecular weight excluding hydrogens is 190 g/mol. The fourth-order valence-corrected chi connectivity index (χ4v) is 1.23. The van der Waals surface area contributed by atoms with Crippen LogP contribution in [-0.4, -0.2) is 11.9 Å². The van der Waals surface area contributed by atoms with Crippen molar-refractivity contribution in [2.45, 2.75) is 33.3 Å². The zero-order valence-corrected chi connectivity index (χ0v) is 9.41. The van der Waals surface area contributed by atoms with Crippen molar-refractivity contribution in [1.29, 1.82) is 0 Å². The van der Waals surface area contributed by atoms with Gasteiger partial charge in [0.25, 0.3) is 0 Å². The molecule has 0 bridgehead atoms. The highest BCUT2D eigenvalue weighted by molar-refractivity contribution is 5.99. The van der Waals surface area contributed by atoms with Crippen LogP contribution in [0.5, 0.6) is 5.75 Å². The van der Waals surface area contributed by atoms with Crippen LogP contribution in [0.25, 0.3) is 0 Å². The Morgan fingerprint density at radius 1 is 1.53 bits per heavy atom. The van der Waals surface area contributed by atoms with Crippen LogP contribution in [0.1, 0.15) is 37.6 Å². The van der Waals surface area contributed by atoms with Gasteiger partial charge in [-0.2, -0.15) is 0 Å². The lowest BCUT2D eigenvalue weighted by Crippen LogP contribution is -2.10. The second-order valence-corrected chi connectivity index (χ2v) is 3.64. The minimum Gasteiger partial charge on any atom is -0.491 e.